The summed E-state index contributed by atoms with van der Waals surface area (Å²) in [5.74, 6) is 1.58. The number of hydrogen-bond donors (Lipinski definition) is 1. The highest BCUT2D eigenvalue weighted by Gasteiger charge is 2.32. The summed E-state index contributed by atoms with van der Waals surface area (Å²) >= 11 is 0. The molecule has 31 heavy (non-hydrogen) atoms. The Morgan fingerprint density at radius 3 is 2.39 bits per heavy atom. The quantitative estimate of drug-likeness (QED) is 0.547. The van der Waals surface area contributed by atoms with E-state index in [0.29, 0.717) is 34.6 Å². The van der Waals surface area contributed by atoms with E-state index >= 15 is 0 Å². The van der Waals surface area contributed by atoms with E-state index in [0.717, 1.165) is 28.1 Å². The molecular weight excluding hydrogens is 394 g/mol. The molecule has 0 fully saturated rings. The first-order chi connectivity index (χ1) is 15.2. The summed E-state index contributed by atoms with van der Waals surface area (Å²) in [6.07, 6.45) is 4.14. The van der Waals surface area contributed by atoms with Crippen molar-refractivity contribution in [2.75, 3.05) is 21.3 Å². The molecule has 0 bridgehead atoms. The highest BCUT2D eigenvalue weighted by atomic mass is 16.5. The molecule has 1 aliphatic rings. The van der Waals surface area contributed by atoms with Crippen LogP contribution < -0.4 is 19.8 Å². The number of H-pyrrole nitrogens is 1. The van der Waals surface area contributed by atoms with Crippen LogP contribution in [0.5, 0.6) is 17.2 Å². The van der Waals surface area contributed by atoms with Crippen molar-refractivity contribution in [1.82, 2.24) is 15.0 Å². The minimum Gasteiger partial charge on any atom is -0.493 e. The Morgan fingerprint density at radius 1 is 0.968 bits per heavy atom. The van der Waals surface area contributed by atoms with Gasteiger partial charge in [0.2, 0.25) is 5.75 Å². The molecule has 0 radical (unpaired) electrons. The molecular formula is C24H21N3O4. The zero-order chi connectivity index (χ0) is 21.5. The fourth-order valence-electron chi connectivity index (χ4n) is 4.43. The van der Waals surface area contributed by atoms with Gasteiger partial charge in [0.25, 0.3) is 5.56 Å². The Balaban J connectivity index is 1.84. The smallest absolute Gasteiger partial charge is 0.257 e. The summed E-state index contributed by atoms with van der Waals surface area (Å²) in [4.78, 5) is 25.1. The molecule has 7 nitrogen and oxygen atoms in total. The second-order valence-electron chi connectivity index (χ2n) is 7.36. The van der Waals surface area contributed by atoms with E-state index in [2.05, 4.69) is 15.0 Å². The van der Waals surface area contributed by atoms with Crippen LogP contribution in [-0.4, -0.2) is 36.3 Å². The number of rotatable bonds is 4. The van der Waals surface area contributed by atoms with E-state index in [1.807, 2.05) is 24.3 Å². The maximum atomic E-state index is 12.8. The standard InChI is InChI=1S/C24H21N3O4/c1-29-18-10-13(11-19(30-2)23(18)31-3)16-12-17-14(6-4-8-25-17)22-20(16)21-15(24(28)27-22)7-5-9-26-21/h4-11,16H,12H2,1-3H3,(H,27,28). The van der Waals surface area contributed by atoms with Gasteiger partial charge in [-0.1, -0.05) is 0 Å². The molecule has 156 valence electrons. The number of nitrogens with one attached hydrogen (secondary N) is 1. The third kappa shape index (κ3) is 2.92. The van der Waals surface area contributed by atoms with Gasteiger partial charge < -0.3 is 19.2 Å². The van der Waals surface area contributed by atoms with Crippen molar-refractivity contribution >= 4 is 10.9 Å². The van der Waals surface area contributed by atoms with E-state index in [9.17, 15) is 4.79 Å². The van der Waals surface area contributed by atoms with Crippen LogP contribution in [0.25, 0.3) is 22.2 Å². The summed E-state index contributed by atoms with van der Waals surface area (Å²) in [6.45, 7) is 0. The average molecular weight is 415 g/mol. The Labute approximate surface area is 178 Å². The number of hydrogen-bond acceptors (Lipinski definition) is 6. The highest BCUT2D eigenvalue weighted by molar-refractivity contribution is 5.89. The average Bonchev–Trinajstić information content (AvgIpc) is 2.82. The van der Waals surface area contributed by atoms with Gasteiger partial charge >= 0.3 is 0 Å². The Morgan fingerprint density at radius 2 is 1.68 bits per heavy atom. The van der Waals surface area contributed by atoms with Crippen LogP contribution in [0.4, 0.5) is 0 Å². The summed E-state index contributed by atoms with van der Waals surface area (Å²) in [5.41, 5.74) is 5.04. The number of aromatic nitrogens is 3. The van der Waals surface area contributed by atoms with Gasteiger partial charge in [-0.25, -0.2) is 0 Å². The third-order valence-corrected chi connectivity index (χ3v) is 5.81. The predicted molar refractivity (Wildman–Crippen MR) is 117 cm³/mol. The maximum Gasteiger partial charge on any atom is 0.257 e. The Kier molecular flexibility index (Phi) is 4.58. The summed E-state index contributed by atoms with van der Waals surface area (Å²) in [6, 6.07) is 11.3. The van der Waals surface area contributed by atoms with Crippen molar-refractivity contribution in [3.8, 4) is 28.5 Å². The number of benzene rings is 1. The van der Waals surface area contributed by atoms with Crippen LogP contribution in [0.2, 0.25) is 0 Å². The van der Waals surface area contributed by atoms with Crippen molar-refractivity contribution in [3.63, 3.8) is 0 Å². The molecule has 7 heteroatoms. The molecule has 0 amide bonds. The minimum absolute atomic E-state index is 0.111. The summed E-state index contributed by atoms with van der Waals surface area (Å²) in [7, 11) is 4.78. The van der Waals surface area contributed by atoms with Gasteiger partial charge in [-0.15, -0.1) is 0 Å². The normalized spacial score (nSPS) is 14.6. The van der Waals surface area contributed by atoms with Crippen molar-refractivity contribution in [2.24, 2.45) is 0 Å². The number of fused-ring (bicyclic) bond motifs is 5. The van der Waals surface area contributed by atoms with E-state index in [-0.39, 0.29) is 11.5 Å². The van der Waals surface area contributed by atoms with Crippen molar-refractivity contribution < 1.29 is 14.2 Å². The topological polar surface area (TPSA) is 86.3 Å². The lowest BCUT2D eigenvalue weighted by atomic mass is 9.78. The molecule has 1 N–H and O–H groups in total. The number of pyridine rings is 3. The number of methoxy groups -OCH3 is 3. The molecule has 4 aromatic rings. The fourth-order valence-corrected chi connectivity index (χ4v) is 4.43. The Bertz CT molecular complexity index is 1340. The van der Waals surface area contributed by atoms with Gasteiger partial charge in [0.15, 0.2) is 11.5 Å². The number of nitrogens with zero attached hydrogens (tertiary/aromatic N) is 2. The van der Waals surface area contributed by atoms with Crippen LogP contribution in [0.1, 0.15) is 22.7 Å². The second kappa shape index (κ2) is 7.43. The van der Waals surface area contributed by atoms with E-state index in [1.165, 1.54) is 0 Å². The van der Waals surface area contributed by atoms with Gasteiger partial charge in [-0.05, 0) is 42.0 Å². The first kappa shape index (κ1) is 19.1. The molecule has 1 atom stereocenters. The fraction of sp³-hybridized carbons (Fsp3) is 0.208. The van der Waals surface area contributed by atoms with Crippen LogP contribution in [0, 0.1) is 0 Å². The zero-order valence-electron chi connectivity index (χ0n) is 17.4. The Hall–Kier alpha value is -3.87. The molecule has 0 saturated carbocycles. The number of ether oxygens (including phenoxy) is 3. The van der Waals surface area contributed by atoms with E-state index in [4.69, 9.17) is 14.2 Å². The van der Waals surface area contributed by atoms with E-state index in [1.54, 1.807) is 45.9 Å². The molecule has 3 aromatic heterocycles. The SMILES string of the molecule is COc1cc(C2Cc3ncccc3-c3[nH]c(=O)c4cccnc4c32)cc(OC)c1OC. The molecule has 1 unspecified atom stereocenters. The lowest BCUT2D eigenvalue weighted by Crippen LogP contribution is -2.20. The molecule has 5 rings (SSSR count). The molecule has 0 aliphatic heterocycles. The van der Waals surface area contributed by atoms with Gasteiger partial charge in [0.1, 0.15) is 0 Å². The lowest BCUT2D eigenvalue weighted by molar-refractivity contribution is 0.323. The largest absolute Gasteiger partial charge is 0.493 e. The van der Waals surface area contributed by atoms with Gasteiger partial charge in [0.05, 0.1) is 43.6 Å². The van der Waals surface area contributed by atoms with Gasteiger partial charge in [0, 0.05) is 35.9 Å². The van der Waals surface area contributed by atoms with E-state index < -0.39 is 0 Å². The van der Waals surface area contributed by atoms with Gasteiger partial charge in [-0.2, -0.15) is 0 Å². The van der Waals surface area contributed by atoms with Crippen molar-refractivity contribution in [1.29, 1.82) is 0 Å². The molecule has 1 aliphatic carbocycles. The second-order valence-corrected chi connectivity index (χ2v) is 7.36. The molecule has 3 heterocycles. The molecule has 1 aromatic carbocycles. The predicted octanol–water partition coefficient (Wildman–Crippen LogP) is 3.70. The van der Waals surface area contributed by atoms with Crippen LogP contribution in [0.3, 0.4) is 0 Å². The minimum atomic E-state index is -0.165. The maximum absolute atomic E-state index is 12.8. The summed E-state index contributed by atoms with van der Waals surface area (Å²) in [5, 5.41) is 0.561. The zero-order valence-corrected chi connectivity index (χ0v) is 17.4. The lowest BCUT2D eigenvalue weighted by Gasteiger charge is -2.28. The molecule has 0 spiro atoms. The third-order valence-electron chi connectivity index (χ3n) is 5.81. The summed E-state index contributed by atoms with van der Waals surface area (Å²) < 4.78 is 16.7. The van der Waals surface area contributed by atoms with Crippen LogP contribution in [0.15, 0.2) is 53.6 Å². The van der Waals surface area contributed by atoms with Crippen molar-refractivity contribution in [2.45, 2.75) is 12.3 Å². The van der Waals surface area contributed by atoms with Crippen molar-refractivity contribution in [3.05, 3.63) is 76.0 Å². The first-order valence-electron chi connectivity index (χ1n) is 9.91. The first-order valence-corrected chi connectivity index (χ1v) is 9.91. The van der Waals surface area contributed by atoms with Crippen LogP contribution >= 0.6 is 0 Å². The monoisotopic (exact) mass is 415 g/mol. The highest BCUT2D eigenvalue weighted by Crippen LogP contribution is 2.47. The number of aromatic amines is 1. The molecule has 0 saturated heterocycles. The van der Waals surface area contributed by atoms with Crippen LogP contribution in [-0.2, 0) is 6.42 Å². The van der Waals surface area contributed by atoms with Gasteiger partial charge in [-0.3, -0.25) is 14.8 Å².